The van der Waals surface area contributed by atoms with Crippen LogP contribution in [0.25, 0.3) is 0 Å². The molecule has 0 atom stereocenters. The molecule has 4 aromatic carbocycles. The molecule has 0 saturated heterocycles. The number of benzene rings is 4. The zero-order valence-corrected chi connectivity index (χ0v) is 21.8. The van der Waals surface area contributed by atoms with Crippen molar-refractivity contribution in [3.8, 4) is 0 Å². The highest BCUT2D eigenvalue weighted by Gasteiger charge is 2.26. The molecule has 9 heteroatoms. The number of sulfonamides is 1. The SMILES string of the molecule is CN(C)c1ccc(NC(=O)c2cccc(F)c2)cc1CN(Cc1ccccc1)S(=O)(=O)c1ccc(F)cc1. The van der Waals surface area contributed by atoms with E-state index in [1.54, 1.807) is 18.2 Å². The number of amides is 1. The summed E-state index contributed by atoms with van der Waals surface area (Å²) in [6.07, 6.45) is 0. The predicted molar refractivity (Wildman–Crippen MR) is 144 cm³/mol. The summed E-state index contributed by atoms with van der Waals surface area (Å²) in [5.74, 6) is -1.55. The standard InChI is InChI=1S/C29H27F2N3O3S/c1-33(2)28-16-13-26(32-29(35)22-9-6-10-25(31)17-22)18-23(28)20-34(19-21-7-4-3-5-8-21)38(36,37)27-14-11-24(30)12-15-27/h3-18H,19-20H2,1-2H3,(H,32,35). The van der Waals surface area contributed by atoms with E-state index in [2.05, 4.69) is 5.32 Å². The molecule has 0 radical (unpaired) electrons. The quantitative estimate of drug-likeness (QED) is 0.300. The maximum atomic E-state index is 13.7. The molecule has 0 saturated carbocycles. The number of nitrogens with zero attached hydrogens (tertiary/aromatic N) is 2. The van der Waals surface area contributed by atoms with Crippen molar-refractivity contribution in [2.45, 2.75) is 18.0 Å². The zero-order valence-electron chi connectivity index (χ0n) is 20.9. The molecule has 6 nitrogen and oxygen atoms in total. The van der Waals surface area contributed by atoms with Crippen molar-refractivity contribution in [2.24, 2.45) is 0 Å². The van der Waals surface area contributed by atoms with Crippen molar-refractivity contribution in [3.63, 3.8) is 0 Å². The molecular formula is C29H27F2N3O3S. The maximum absolute atomic E-state index is 13.7. The second kappa shape index (κ2) is 11.5. The molecule has 0 fully saturated rings. The Morgan fingerprint density at radius 1 is 0.789 bits per heavy atom. The Hall–Kier alpha value is -4.08. The molecule has 0 spiro atoms. The summed E-state index contributed by atoms with van der Waals surface area (Å²) in [4.78, 5) is 14.5. The summed E-state index contributed by atoms with van der Waals surface area (Å²) >= 11 is 0. The minimum absolute atomic E-state index is 0.0220. The average molecular weight is 536 g/mol. The zero-order chi connectivity index (χ0) is 27.3. The van der Waals surface area contributed by atoms with Gasteiger partial charge in [0.05, 0.1) is 4.90 Å². The van der Waals surface area contributed by atoms with Crippen LogP contribution in [0.4, 0.5) is 20.2 Å². The van der Waals surface area contributed by atoms with Gasteiger partial charge < -0.3 is 10.2 Å². The number of halogens is 2. The van der Waals surface area contributed by atoms with E-state index >= 15 is 0 Å². The molecule has 4 aromatic rings. The first-order valence-electron chi connectivity index (χ1n) is 11.8. The Balaban J connectivity index is 1.71. The van der Waals surface area contributed by atoms with Gasteiger partial charge in [-0.2, -0.15) is 4.31 Å². The summed E-state index contributed by atoms with van der Waals surface area (Å²) in [6, 6.07) is 24.4. The van der Waals surface area contributed by atoms with Crippen molar-refractivity contribution in [1.29, 1.82) is 0 Å². The summed E-state index contributed by atoms with van der Waals surface area (Å²) < 4.78 is 55.8. The van der Waals surface area contributed by atoms with E-state index in [9.17, 15) is 22.0 Å². The Kier molecular flexibility index (Phi) is 8.19. The fraction of sp³-hybridized carbons (Fsp3) is 0.138. The minimum Gasteiger partial charge on any atom is -0.377 e. The third-order valence-corrected chi connectivity index (χ3v) is 7.71. The summed E-state index contributed by atoms with van der Waals surface area (Å²) in [5.41, 5.74) is 2.75. The van der Waals surface area contributed by atoms with Crippen LogP contribution in [0, 0.1) is 11.6 Å². The van der Waals surface area contributed by atoms with Gasteiger partial charge in [-0.3, -0.25) is 4.79 Å². The van der Waals surface area contributed by atoms with Crippen LogP contribution in [0.3, 0.4) is 0 Å². The number of carbonyl (C=O) groups is 1. The Morgan fingerprint density at radius 3 is 2.16 bits per heavy atom. The van der Waals surface area contributed by atoms with E-state index in [-0.39, 0.29) is 23.5 Å². The van der Waals surface area contributed by atoms with E-state index in [0.29, 0.717) is 11.3 Å². The largest absolute Gasteiger partial charge is 0.377 e. The smallest absolute Gasteiger partial charge is 0.255 e. The average Bonchev–Trinajstić information content (AvgIpc) is 2.89. The summed E-state index contributed by atoms with van der Waals surface area (Å²) in [7, 11) is -0.355. The predicted octanol–water partition coefficient (Wildman–Crippen LogP) is 5.67. The molecular weight excluding hydrogens is 508 g/mol. The lowest BCUT2D eigenvalue weighted by Crippen LogP contribution is -2.31. The molecule has 0 bridgehead atoms. The highest BCUT2D eigenvalue weighted by molar-refractivity contribution is 7.89. The number of hydrogen-bond acceptors (Lipinski definition) is 4. The van der Waals surface area contributed by atoms with Crippen molar-refractivity contribution in [1.82, 2.24) is 4.31 Å². The Bertz CT molecular complexity index is 1530. The summed E-state index contributed by atoms with van der Waals surface area (Å²) in [6.45, 7) is 0.0547. The molecule has 0 aliphatic rings. The van der Waals surface area contributed by atoms with Crippen LogP contribution >= 0.6 is 0 Å². The second-order valence-electron chi connectivity index (χ2n) is 8.92. The van der Waals surface area contributed by atoms with Gasteiger partial charge in [0.25, 0.3) is 5.91 Å². The van der Waals surface area contributed by atoms with E-state index < -0.39 is 27.6 Å². The van der Waals surface area contributed by atoms with Gasteiger partial charge in [-0.15, -0.1) is 0 Å². The maximum Gasteiger partial charge on any atom is 0.255 e. The lowest BCUT2D eigenvalue weighted by molar-refractivity contribution is 0.102. The van der Waals surface area contributed by atoms with Crippen LogP contribution in [-0.4, -0.2) is 32.7 Å². The molecule has 38 heavy (non-hydrogen) atoms. The van der Waals surface area contributed by atoms with E-state index in [1.807, 2.05) is 49.3 Å². The van der Waals surface area contributed by atoms with Gasteiger partial charge in [-0.25, -0.2) is 17.2 Å². The minimum atomic E-state index is -4.02. The molecule has 0 aliphatic heterocycles. The van der Waals surface area contributed by atoms with Crippen molar-refractivity contribution < 1.29 is 22.0 Å². The highest BCUT2D eigenvalue weighted by Crippen LogP contribution is 2.28. The molecule has 4 rings (SSSR count). The molecule has 1 amide bonds. The number of rotatable bonds is 9. The van der Waals surface area contributed by atoms with Crippen LogP contribution in [0.5, 0.6) is 0 Å². The fourth-order valence-electron chi connectivity index (χ4n) is 4.02. The van der Waals surface area contributed by atoms with Gasteiger partial charge in [-0.1, -0.05) is 36.4 Å². The Labute approximate surface area is 221 Å². The van der Waals surface area contributed by atoms with Crippen LogP contribution in [-0.2, 0) is 23.1 Å². The number of hydrogen-bond donors (Lipinski definition) is 1. The molecule has 0 heterocycles. The highest BCUT2D eigenvalue weighted by atomic mass is 32.2. The molecule has 0 aromatic heterocycles. The fourth-order valence-corrected chi connectivity index (χ4v) is 5.42. The van der Waals surface area contributed by atoms with Gasteiger partial charge in [-0.05, 0) is 71.8 Å². The van der Waals surface area contributed by atoms with Gasteiger partial charge in [0.2, 0.25) is 10.0 Å². The van der Waals surface area contributed by atoms with Crippen molar-refractivity contribution in [2.75, 3.05) is 24.3 Å². The molecule has 1 N–H and O–H groups in total. The molecule has 0 aliphatic carbocycles. The number of nitrogens with one attached hydrogen (secondary N) is 1. The first kappa shape index (κ1) is 27.0. The third kappa shape index (κ3) is 6.42. The topological polar surface area (TPSA) is 69.7 Å². The van der Waals surface area contributed by atoms with Crippen LogP contribution in [0.1, 0.15) is 21.5 Å². The lowest BCUT2D eigenvalue weighted by atomic mass is 10.1. The molecule has 196 valence electrons. The van der Waals surface area contributed by atoms with Gasteiger partial charge in [0.1, 0.15) is 11.6 Å². The second-order valence-corrected chi connectivity index (χ2v) is 10.9. The van der Waals surface area contributed by atoms with E-state index in [4.69, 9.17) is 0 Å². The van der Waals surface area contributed by atoms with Gasteiger partial charge >= 0.3 is 0 Å². The summed E-state index contributed by atoms with van der Waals surface area (Å²) in [5, 5.41) is 2.76. The number of carbonyl (C=O) groups excluding carboxylic acids is 1. The lowest BCUT2D eigenvalue weighted by Gasteiger charge is -2.26. The van der Waals surface area contributed by atoms with Crippen molar-refractivity contribution >= 4 is 27.3 Å². The normalized spacial score (nSPS) is 11.4. The van der Waals surface area contributed by atoms with E-state index in [1.165, 1.54) is 34.6 Å². The van der Waals surface area contributed by atoms with Crippen molar-refractivity contribution in [3.05, 3.63) is 125 Å². The first-order valence-corrected chi connectivity index (χ1v) is 13.2. The molecule has 0 unspecified atom stereocenters. The van der Waals surface area contributed by atoms with Crippen LogP contribution in [0.15, 0.2) is 102 Å². The Morgan fingerprint density at radius 2 is 1.50 bits per heavy atom. The first-order chi connectivity index (χ1) is 18.1. The van der Waals surface area contributed by atoms with Crippen LogP contribution < -0.4 is 10.2 Å². The van der Waals surface area contributed by atoms with E-state index in [0.717, 1.165) is 29.4 Å². The number of anilines is 2. The monoisotopic (exact) mass is 535 g/mol. The van der Waals surface area contributed by atoms with Crippen LogP contribution in [0.2, 0.25) is 0 Å². The third-order valence-electron chi connectivity index (χ3n) is 5.91. The van der Waals surface area contributed by atoms with Gasteiger partial charge in [0, 0.05) is 44.1 Å². The van der Waals surface area contributed by atoms with Gasteiger partial charge in [0.15, 0.2) is 0 Å².